The van der Waals surface area contributed by atoms with E-state index in [1.807, 2.05) is 0 Å². The van der Waals surface area contributed by atoms with Crippen LogP contribution in [0, 0.1) is 0 Å². The largest absolute Gasteiger partial charge is 0.480 e. The van der Waals surface area contributed by atoms with E-state index < -0.39 is 12.0 Å². The van der Waals surface area contributed by atoms with Crippen LogP contribution in [0.15, 0.2) is 35.4 Å². The molecule has 0 aromatic heterocycles. The minimum Gasteiger partial charge on any atom is -0.480 e. The zero-order chi connectivity index (χ0) is 11.1. The van der Waals surface area contributed by atoms with E-state index in [9.17, 15) is 4.79 Å². The summed E-state index contributed by atoms with van der Waals surface area (Å²) >= 11 is 5.66. The van der Waals surface area contributed by atoms with Gasteiger partial charge in [0.05, 0.1) is 0 Å². The first-order valence-corrected chi connectivity index (χ1v) is 4.49. The first kappa shape index (κ1) is 12.9. The Morgan fingerprint density at radius 2 is 2.21 bits per heavy atom. The molecule has 0 heterocycles. The van der Waals surface area contributed by atoms with Gasteiger partial charge in [-0.3, -0.25) is 4.79 Å². The van der Waals surface area contributed by atoms with Crippen LogP contribution in [-0.4, -0.2) is 17.1 Å². The number of allylic oxidation sites excluding steroid dienone is 4. The van der Waals surface area contributed by atoms with Gasteiger partial charge in [-0.25, -0.2) is 0 Å². The first-order chi connectivity index (χ1) is 6.47. The Bertz CT molecular complexity index is 282. The van der Waals surface area contributed by atoms with Crippen molar-refractivity contribution in [3.05, 3.63) is 35.4 Å². The molecule has 1 atom stereocenters. The van der Waals surface area contributed by atoms with Crippen molar-refractivity contribution < 1.29 is 9.90 Å². The molecule has 1 unspecified atom stereocenters. The molecule has 0 saturated carbocycles. The molecule has 3 nitrogen and oxygen atoms in total. The standard InChI is InChI=1S/C10H14ClNO2/c1-3-8(11)5-4-7(2)6-9(12)10(13)14/h3-5,9H,1,6,12H2,2H3,(H,13,14)/b7-4+,8-5+. The van der Waals surface area contributed by atoms with E-state index in [0.29, 0.717) is 11.5 Å². The van der Waals surface area contributed by atoms with Crippen molar-refractivity contribution in [3.63, 3.8) is 0 Å². The Kier molecular flexibility index (Phi) is 5.92. The number of carboxylic acids is 1. The zero-order valence-electron chi connectivity index (χ0n) is 8.03. The van der Waals surface area contributed by atoms with Crippen LogP contribution in [0.5, 0.6) is 0 Å². The lowest BCUT2D eigenvalue weighted by Crippen LogP contribution is -2.30. The van der Waals surface area contributed by atoms with E-state index in [0.717, 1.165) is 5.57 Å². The van der Waals surface area contributed by atoms with E-state index in [2.05, 4.69) is 6.58 Å². The van der Waals surface area contributed by atoms with Crippen molar-refractivity contribution >= 4 is 17.6 Å². The predicted molar refractivity (Wildman–Crippen MR) is 58.1 cm³/mol. The molecule has 0 aliphatic heterocycles. The summed E-state index contributed by atoms with van der Waals surface area (Å²) < 4.78 is 0. The number of hydrogen-bond donors (Lipinski definition) is 2. The van der Waals surface area contributed by atoms with Crippen LogP contribution in [0.4, 0.5) is 0 Å². The molecule has 0 bridgehead atoms. The average molecular weight is 216 g/mol. The van der Waals surface area contributed by atoms with Gasteiger partial charge in [0, 0.05) is 5.03 Å². The minimum atomic E-state index is -1.00. The van der Waals surface area contributed by atoms with Gasteiger partial charge in [0.25, 0.3) is 0 Å². The third-order valence-corrected chi connectivity index (χ3v) is 1.86. The summed E-state index contributed by atoms with van der Waals surface area (Å²) in [5.41, 5.74) is 6.20. The van der Waals surface area contributed by atoms with Crippen LogP contribution >= 0.6 is 11.6 Å². The van der Waals surface area contributed by atoms with E-state index in [4.69, 9.17) is 22.4 Å². The predicted octanol–water partition coefficient (Wildman–Crippen LogP) is 2.04. The lowest BCUT2D eigenvalue weighted by Gasteiger charge is -2.05. The molecule has 0 spiro atoms. The normalized spacial score (nSPS) is 15.1. The van der Waals surface area contributed by atoms with Crippen molar-refractivity contribution in [3.8, 4) is 0 Å². The molecule has 3 N–H and O–H groups in total. The quantitative estimate of drug-likeness (QED) is 0.690. The summed E-state index contributed by atoms with van der Waals surface area (Å²) in [5, 5.41) is 9.05. The number of carbonyl (C=O) groups is 1. The molecule has 0 aromatic carbocycles. The monoisotopic (exact) mass is 215 g/mol. The molecule has 78 valence electrons. The second-order valence-corrected chi connectivity index (χ2v) is 3.35. The van der Waals surface area contributed by atoms with Crippen LogP contribution in [0.3, 0.4) is 0 Å². The Hall–Kier alpha value is -1.06. The molecule has 14 heavy (non-hydrogen) atoms. The maximum Gasteiger partial charge on any atom is 0.320 e. The molecule has 0 aliphatic rings. The highest BCUT2D eigenvalue weighted by Gasteiger charge is 2.10. The van der Waals surface area contributed by atoms with Gasteiger partial charge in [0.15, 0.2) is 0 Å². The maximum absolute atomic E-state index is 10.4. The number of carboxylic acid groups (broad SMARTS) is 1. The average Bonchev–Trinajstić information content (AvgIpc) is 2.13. The lowest BCUT2D eigenvalue weighted by molar-refractivity contribution is -0.138. The molecule has 0 aliphatic carbocycles. The third kappa shape index (κ3) is 5.56. The van der Waals surface area contributed by atoms with E-state index in [1.54, 1.807) is 19.1 Å². The van der Waals surface area contributed by atoms with E-state index in [-0.39, 0.29) is 0 Å². The molecule has 0 radical (unpaired) electrons. The van der Waals surface area contributed by atoms with Gasteiger partial charge in [-0.1, -0.05) is 35.9 Å². The number of nitrogens with two attached hydrogens (primary N) is 1. The summed E-state index contributed by atoms with van der Waals surface area (Å²) in [7, 11) is 0. The molecular weight excluding hydrogens is 202 g/mol. The first-order valence-electron chi connectivity index (χ1n) is 4.11. The van der Waals surface area contributed by atoms with Crippen LogP contribution in [0.25, 0.3) is 0 Å². The molecule has 0 fully saturated rings. The highest BCUT2D eigenvalue weighted by Crippen LogP contribution is 2.07. The van der Waals surface area contributed by atoms with Crippen molar-refractivity contribution in [2.75, 3.05) is 0 Å². The summed E-state index contributed by atoms with van der Waals surface area (Å²) in [6.45, 7) is 5.28. The van der Waals surface area contributed by atoms with Gasteiger partial charge in [-0.15, -0.1) is 0 Å². The van der Waals surface area contributed by atoms with Crippen LogP contribution in [-0.2, 0) is 4.79 Å². The van der Waals surface area contributed by atoms with Crippen LogP contribution in [0.2, 0.25) is 0 Å². The van der Waals surface area contributed by atoms with Gasteiger partial charge >= 0.3 is 5.97 Å². The van der Waals surface area contributed by atoms with Crippen LogP contribution < -0.4 is 5.73 Å². The van der Waals surface area contributed by atoms with E-state index in [1.165, 1.54) is 6.08 Å². The fourth-order valence-electron chi connectivity index (χ4n) is 0.792. The molecule has 0 rings (SSSR count). The molecular formula is C10H14ClNO2. The van der Waals surface area contributed by atoms with Crippen molar-refractivity contribution in [1.29, 1.82) is 0 Å². The van der Waals surface area contributed by atoms with Gasteiger partial charge < -0.3 is 10.8 Å². The van der Waals surface area contributed by atoms with Crippen molar-refractivity contribution in [1.82, 2.24) is 0 Å². The Morgan fingerprint density at radius 3 is 2.64 bits per heavy atom. The highest BCUT2D eigenvalue weighted by molar-refractivity contribution is 6.31. The highest BCUT2D eigenvalue weighted by atomic mass is 35.5. The summed E-state index contributed by atoms with van der Waals surface area (Å²) in [4.78, 5) is 10.4. The molecule has 0 amide bonds. The SMILES string of the molecule is C=C/C(Cl)=C\C=C(/C)CC(N)C(=O)O. The van der Waals surface area contributed by atoms with Gasteiger partial charge in [0.2, 0.25) is 0 Å². The van der Waals surface area contributed by atoms with Crippen molar-refractivity contribution in [2.24, 2.45) is 5.73 Å². The summed E-state index contributed by atoms with van der Waals surface area (Å²) in [6, 6.07) is -0.859. The molecule has 4 heteroatoms. The smallest absolute Gasteiger partial charge is 0.320 e. The number of halogens is 1. The van der Waals surface area contributed by atoms with Gasteiger partial charge in [-0.2, -0.15) is 0 Å². The zero-order valence-corrected chi connectivity index (χ0v) is 8.79. The Labute approximate surface area is 88.6 Å². The fourth-order valence-corrected chi connectivity index (χ4v) is 0.855. The van der Waals surface area contributed by atoms with Crippen LogP contribution in [0.1, 0.15) is 13.3 Å². The maximum atomic E-state index is 10.4. The lowest BCUT2D eigenvalue weighted by atomic mass is 10.1. The third-order valence-electron chi connectivity index (χ3n) is 1.58. The summed E-state index contributed by atoms with van der Waals surface area (Å²) in [5.74, 6) is -1.00. The van der Waals surface area contributed by atoms with Gasteiger partial charge in [0.1, 0.15) is 6.04 Å². The Morgan fingerprint density at radius 1 is 1.64 bits per heavy atom. The number of aliphatic carboxylic acids is 1. The topological polar surface area (TPSA) is 63.3 Å². The van der Waals surface area contributed by atoms with Gasteiger partial charge in [-0.05, 0) is 19.4 Å². The minimum absolute atomic E-state index is 0.313. The second kappa shape index (κ2) is 6.40. The summed E-state index contributed by atoms with van der Waals surface area (Å²) in [6.07, 6.45) is 5.20. The second-order valence-electron chi connectivity index (χ2n) is 2.92. The molecule has 0 saturated heterocycles. The van der Waals surface area contributed by atoms with Crippen molar-refractivity contribution in [2.45, 2.75) is 19.4 Å². The van der Waals surface area contributed by atoms with E-state index >= 15 is 0 Å². The number of hydrogen-bond acceptors (Lipinski definition) is 2. The molecule has 0 aromatic rings. The number of rotatable bonds is 5. The fraction of sp³-hybridized carbons (Fsp3) is 0.300. The Balaban J connectivity index is 4.27.